The van der Waals surface area contributed by atoms with Gasteiger partial charge in [-0.15, -0.1) is 0 Å². The summed E-state index contributed by atoms with van der Waals surface area (Å²) in [5, 5.41) is 12.0. The van der Waals surface area contributed by atoms with Gasteiger partial charge in [0.05, 0.1) is 17.8 Å². The van der Waals surface area contributed by atoms with E-state index in [4.69, 9.17) is 4.52 Å². The Morgan fingerprint density at radius 2 is 2.14 bits per heavy atom. The molecule has 6 nitrogen and oxygen atoms in total. The third-order valence-electron chi connectivity index (χ3n) is 4.85. The molecule has 3 atom stereocenters. The Morgan fingerprint density at radius 1 is 1.24 bits per heavy atom. The van der Waals surface area contributed by atoms with Crippen molar-refractivity contribution in [1.82, 2.24) is 25.2 Å². The third-order valence-corrected chi connectivity index (χ3v) is 4.85. The average Bonchev–Trinajstić information content (AvgIpc) is 3.15. The van der Waals surface area contributed by atoms with Gasteiger partial charge in [-0.05, 0) is 31.6 Å². The first-order valence-electron chi connectivity index (χ1n) is 7.88. The van der Waals surface area contributed by atoms with Crippen molar-refractivity contribution >= 4 is 0 Å². The minimum Gasteiger partial charge on any atom is -0.337 e. The zero-order chi connectivity index (χ0) is 14.2. The fourth-order valence-electron chi connectivity index (χ4n) is 3.72. The minimum absolute atomic E-state index is 0.210. The molecule has 1 aliphatic carbocycles. The molecule has 6 heteroatoms. The normalized spacial score (nSPS) is 29.3. The number of piperidine rings is 1. The molecule has 0 bridgehead atoms. The van der Waals surface area contributed by atoms with E-state index in [9.17, 15) is 0 Å². The highest BCUT2D eigenvalue weighted by molar-refractivity contribution is 5.51. The molecule has 1 aliphatic heterocycles. The molecule has 0 amide bonds. The third kappa shape index (κ3) is 2.48. The van der Waals surface area contributed by atoms with Crippen LogP contribution in [-0.4, -0.2) is 26.0 Å². The lowest BCUT2D eigenvalue weighted by Gasteiger charge is -2.39. The van der Waals surface area contributed by atoms with Crippen LogP contribution in [-0.2, 0) is 7.05 Å². The molecule has 3 heterocycles. The van der Waals surface area contributed by atoms with Gasteiger partial charge >= 0.3 is 0 Å². The quantitative estimate of drug-likeness (QED) is 0.919. The van der Waals surface area contributed by atoms with Gasteiger partial charge in [-0.1, -0.05) is 18.0 Å². The van der Waals surface area contributed by atoms with E-state index in [1.807, 2.05) is 13.2 Å². The fourth-order valence-corrected chi connectivity index (χ4v) is 3.72. The number of aromatic nitrogens is 4. The van der Waals surface area contributed by atoms with Gasteiger partial charge < -0.3 is 9.84 Å². The predicted octanol–water partition coefficient (Wildman–Crippen LogP) is 2.45. The van der Waals surface area contributed by atoms with E-state index in [2.05, 4.69) is 20.6 Å². The highest BCUT2D eigenvalue weighted by atomic mass is 16.5. The summed E-state index contributed by atoms with van der Waals surface area (Å²) in [4.78, 5) is 4.56. The molecule has 2 aliphatic rings. The van der Waals surface area contributed by atoms with Crippen LogP contribution in [0.15, 0.2) is 16.9 Å². The molecular weight excluding hydrogens is 266 g/mol. The van der Waals surface area contributed by atoms with Gasteiger partial charge in [0.2, 0.25) is 11.7 Å². The van der Waals surface area contributed by atoms with Crippen molar-refractivity contribution in [2.75, 3.05) is 0 Å². The monoisotopic (exact) mass is 287 g/mol. The van der Waals surface area contributed by atoms with Crippen LogP contribution < -0.4 is 5.32 Å². The van der Waals surface area contributed by atoms with Crippen molar-refractivity contribution in [3.05, 3.63) is 18.3 Å². The molecule has 3 unspecified atom stereocenters. The SMILES string of the molecule is Cn1cc(-c2noc(C3CCC4CCCCC4N3)n2)cn1. The number of fused-ring (bicyclic) bond motifs is 1. The first kappa shape index (κ1) is 13.0. The molecule has 0 spiro atoms. The Labute approximate surface area is 123 Å². The molecule has 2 fully saturated rings. The van der Waals surface area contributed by atoms with Gasteiger partial charge in [0, 0.05) is 19.3 Å². The smallest absolute Gasteiger partial charge is 0.244 e. The molecular formula is C15H21N5O. The lowest BCUT2D eigenvalue weighted by molar-refractivity contribution is 0.158. The van der Waals surface area contributed by atoms with E-state index >= 15 is 0 Å². The topological polar surface area (TPSA) is 68.8 Å². The molecule has 0 aromatic carbocycles. The second-order valence-electron chi connectivity index (χ2n) is 6.31. The molecule has 21 heavy (non-hydrogen) atoms. The number of aryl methyl sites for hydroxylation is 1. The van der Waals surface area contributed by atoms with E-state index in [-0.39, 0.29) is 6.04 Å². The standard InChI is InChI=1S/C15H21N5O/c1-20-9-11(8-16-20)14-18-15(21-19-14)13-7-6-10-4-2-3-5-12(10)17-13/h8-10,12-13,17H,2-7H2,1H3. The highest BCUT2D eigenvalue weighted by Crippen LogP contribution is 2.36. The molecule has 0 radical (unpaired) electrons. The average molecular weight is 287 g/mol. The summed E-state index contributed by atoms with van der Waals surface area (Å²) in [6.45, 7) is 0. The summed E-state index contributed by atoms with van der Waals surface area (Å²) in [7, 11) is 1.89. The van der Waals surface area contributed by atoms with Gasteiger partial charge in [-0.2, -0.15) is 10.1 Å². The molecule has 2 aromatic heterocycles. The first-order chi connectivity index (χ1) is 10.3. The molecule has 4 rings (SSSR count). The zero-order valence-electron chi connectivity index (χ0n) is 12.3. The van der Waals surface area contributed by atoms with Crippen molar-refractivity contribution < 1.29 is 4.52 Å². The van der Waals surface area contributed by atoms with E-state index in [1.165, 1.54) is 32.1 Å². The van der Waals surface area contributed by atoms with E-state index in [0.29, 0.717) is 11.9 Å². The number of hydrogen-bond acceptors (Lipinski definition) is 5. The van der Waals surface area contributed by atoms with Gasteiger partial charge in [0.25, 0.3) is 0 Å². The van der Waals surface area contributed by atoms with Gasteiger partial charge in [-0.3, -0.25) is 4.68 Å². The molecule has 2 aromatic rings. The summed E-state index contributed by atoms with van der Waals surface area (Å²) in [6.07, 6.45) is 11.4. The van der Waals surface area contributed by atoms with E-state index < -0.39 is 0 Å². The van der Waals surface area contributed by atoms with Crippen molar-refractivity contribution in [2.24, 2.45) is 13.0 Å². The zero-order valence-corrected chi connectivity index (χ0v) is 12.3. The van der Waals surface area contributed by atoms with E-state index in [1.54, 1.807) is 10.9 Å². The van der Waals surface area contributed by atoms with Crippen LogP contribution in [0.3, 0.4) is 0 Å². The van der Waals surface area contributed by atoms with Gasteiger partial charge in [0.1, 0.15) is 0 Å². The maximum atomic E-state index is 5.49. The Bertz CT molecular complexity index is 619. The minimum atomic E-state index is 0.210. The maximum absolute atomic E-state index is 5.49. The predicted molar refractivity (Wildman–Crippen MR) is 77.4 cm³/mol. The lowest BCUT2D eigenvalue weighted by Crippen LogP contribution is -2.44. The molecule has 1 saturated carbocycles. The Kier molecular flexibility index (Phi) is 3.25. The summed E-state index contributed by atoms with van der Waals surface area (Å²) >= 11 is 0. The van der Waals surface area contributed by atoms with Crippen LogP contribution in [0.25, 0.3) is 11.4 Å². The highest BCUT2D eigenvalue weighted by Gasteiger charge is 2.34. The largest absolute Gasteiger partial charge is 0.337 e. The summed E-state index contributed by atoms with van der Waals surface area (Å²) in [6, 6.07) is 0.841. The number of nitrogens with one attached hydrogen (secondary N) is 1. The van der Waals surface area contributed by atoms with Gasteiger partial charge in [-0.25, -0.2) is 0 Å². The van der Waals surface area contributed by atoms with Crippen molar-refractivity contribution in [3.63, 3.8) is 0 Å². The molecule has 1 N–H and O–H groups in total. The van der Waals surface area contributed by atoms with Crippen LogP contribution in [0.5, 0.6) is 0 Å². The van der Waals surface area contributed by atoms with Crippen LogP contribution in [0, 0.1) is 5.92 Å². The van der Waals surface area contributed by atoms with Crippen LogP contribution in [0.1, 0.15) is 50.5 Å². The maximum Gasteiger partial charge on any atom is 0.244 e. The fraction of sp³-hybridized carbons (Fsp3) is 0.667. The van der Waals surface area contributed by atoms with Crippen molar-refractivity contribution in [3.8, 4) is 11.4 Å². The van der Waals surface area contributed by atoms with E-state index in [0.717, 1.165) is 23.8 Å². The number of hydrogen-bond donors (Lipinski definition) is 1. The van der Waals surface area contributed by atoms with Crippen LogP contribution >= 0.6 is 0 Å². The second kappa shape index (κ2) is 5.26. The van der Waals surface area contributed by atoms with Crippen LogP contribution in [0.2, 0.25) is 0 Å². The lowest BCUT2D eigenvalue weighted by atomic mass is 9.78. The summed E-state index contributed by atoms with van der Waals surface area (Å²) in [5.74, 6) is 2.19. The summed E-state index contributed by atoms with van der Waals surface area (Å²) in [5.41, 5.74) is 0.902. The Morgan fingerprint density at radius 3 is 3.00 bits per heavy atom. The second-order valence-corrected chi connectivity index (χ2v) is 6.31. The van der Waals surface area contributed by atoms with Crippen molar-refractivity contribution in [1.29, 1.82) is 0 Å². The number of rotatable bonds is 2. The Hall–Kier alpha value is -1.69. The molecule has 1 saturated heterocycles. The van der Waals surface area contributed by atoms with Crippen molar-refractivity contribution in [2.45, 2.75) is 50.6 Å². The summed E-state index contributed by atoms with van der Waals surface area (Å²) < 4.78 is 7.23. The van der Waals surface area contributed by atoms with Gasteiger partial charge in [0.15, 0.2) is 0 Å². The Balaban J connectivity index is 1.50. The first-order valence-corrected chi connectivity index (χ1v) is 7.88. The molecule has 112 valence electrons. The number of nitrogens with zero attached hydrogens (tertiary/aromatic N) is 4. The van der Waals surface area contributed by atoms with Crippen LogP contribution in [0.4, 0.5) is 0 Å².